The van der Waals surface area contributed by atoms with E-state index < -0.39 is 19.7 Å². The third kappa shape index (κ3) is 5.05. The Morgan fingerprint density at radius 2 is 0.611 bits per heavy atom. The summed E-state index contributed by atoms with van der Waals surface area (Å²) in [5.41, 5.74) is 10.2. The van der Waals surface area contributed by atoms with Crippen LogP contribution in [0.4, 0.5) is 0 Å². The molecule has 264 valence electrons. The molecule has 0 heterocycles. The fourth-order valence-electron chi connectivity index (χ4n) is 9.24. The Morgan fingerprint density at radius 3 is 0.907 bits per heavy atom. The molecule has 0 aromatic heterocycles. The second-order valence-corrected chi connectivity index (χ2v) is 17.2. The molecule has 0 amide bonds. The lowest BCUT2D eigenvalue weighted by atomic mass is 9.71. The van der Waals surface area contributed by atoms with Crippen molar-refractivity contribution in [1.82, 2.24) is 0 Å². The van der Waals surface area contributed by atoms with Crippen molar-refractivity contribution in [2.45, 2.75) is 38.5 Å². The average Bonchev–Trinajstić information content (AvgIpc) is 3.54. The van der Waals surface area contributed by atoms with Crippen LogP contribution in [-0.2, 0) is 10.8 Å². The SMILES string of the molecule is CC1(C)c2cc(B(O)O)c3ccccc3c2-c2c1cc(B(O)O)c1ccccc21.CC1(C)c2cc(Br)c3ccccc3c2-c2c1cc(Br)c1ccccc21. The molecule has 8 heteroatoms. The summed E-state index contributed by atoms with van der Waals surface area (Å²) in [6.45, 7) is 8.84. The summed E-state index contributed by atoms with van der Waals surface area (Å²) in [6.07, 6.45) is 0. The first-order chi connectivity index (χ1) is 25.8. The molecule has 0 bridgehead atoms. The van der Waals surface area contributed by atoms with Gasteiger partial charge in [0, 0.05) is 19.8 Å². The van der Waals surface area contributed by atoms with Crippen LogP contribution in [0.3, 0.4) is 0 Å². The van der Waals surface area contributed by atoms with Crippen molar-refractivity contribution in [1.29, 1.82) is 0 Å². The smallest absolute Gasteiger partial charge is 0.423 e. The van der Waals surface area contributed by atoms with Gasteiger partial charge in [0.05, 0.1) is 0 Å². The van der Waals surface area contributed by atoms with Crippen molar-refractivity contribution >= 4 is 100 Å². The molecule has 0 spiro atoms. The predicted octanol–water partition coefficient (Wildman–Crippen LogP) is 9.48. The van der Waals surface area contributed by atoms with Crippen LogP contribution in [0.5, 0.6) is 0 Å². The minimum absolute atomic E-state index is 0.0240. The van der Waals surface area contributed by atoms with Crippen LogP contribution in [-0.4, -0.2) is 34.3 Å². The van der Waals surface area contributed by atoms with Crippen molar-refractivity contribution in [2.75, 3.05) is 0 Å². The molecule has 4 N–H and O–H groups in total. The van der Waals surface area contributed by atoms with E-state index in [0.717, 1.165) is 43.8 Å². The Bertz CT molecular complexity index is 2690. The molecular weight excluding hydrogens is 798 g/mol. The molecule has 4 nitrogen and oxygen atoms in total. The zero-order valence-electron chi connectivity index (χ0n) is 30.2. The Balaban J connectivity index is 0.000000144. The summed E-state index contributed by atoms with van der Waals surface area (Å²) in [6, 6.07) is 41.3. The zero-order chi connectivity index (χ0) is 37.8. The summed E-state index contributed by atoms with van der Waals surface area (Å²) in [7, 11) is -3.15. The van der Waals surface area contributed by atoms with Gasteiger partial charge in [-0.2, -0.15) is 0 Å². The molecule has 0 saturated heterocycles. The third-order valence-corrected chi connectivity index (χ3v) is 13.2. The van der Waals surface area contributed by atoms with E-state index in [2.05, 4.69) is 120 Å². The van der Waals surface area contributed by atoms with Gasteiger partial charge in [-0.25, -0.2) is 0 Å². The van der Waals surface area contributed by atoms with Crippen LogP contribution in [0.1, 0.15) is 49.9 Å². The lowest BCUT2D eigenvalue weighted by Gasteiger charge is -2.23. The first-order valence-corrected chi connectivity index (χ1v) is 19.7. The van der Waals surface area contributed by atoms with Crippen molar-refractivity contribution in [3.05, 3.63) is 153 Å². The highest BCUT2D eigenvalue weighted by molar-refractivity contribution is 9.11. The second-order valence-electron chi connectivity index (χ2n) is 15.5. The highest BCUT2D eigenvalue weighted by Gasteiger charge is 2.41. The molecule has 0 unspecified atom stereocenters. The maximum Gasteiger partial charge on any atom is 0.489 e. The predicted molar refractivity (Wildman–Crippen MR) is 233 cm³/mol. The van der Waals surface area contributed by atoms with Gasteiger partial charge < -0.3 is 20.1 Å². The minimum atomic E-state index is -1.57. The van der Waals surface area contributed by atoms with Crippen molar-refractivity contribution < 1.29 is 20.1 Å². The van der Waals surface area contributed by atoms with Gasteiger partial charge in [-0.1, -0.05) is 169 Å². The summed E-state index contributed by atoms with van der Waals surface area (Å²) in [4.78, 5) is 0. The lowest BCUT2D eigenvalue weighted by Crippen LogP contribution is -2.33. The van der Waals surface area contributed by atoms with Gasteiger partial charge >= 0.3 is 14.2 Å². The van der Waals surface area contributed by atoms with E-state index in [9.17, 15) is 20.1 Å². The van der Waals surface area contributed by atoms with Crippen LogP contribution in [0.25, 0.3) is 65.3 Å². The van der Waals surface area contributed by atoms with E-state index in [1.54, 1.807) is 0 Å². The molecule has 2 aliphatic rings. The molecule has 2 aliphatic carbocycles. The highest BCUT2D eigenvalue weighted by atomic mass is 79.9. The Labute approximate surface area is 331 Å². The standard InChI is InChI=1S/C23H20B2O4.C23H16Br2/c1-23(2)17-11-19(24(26)27)13-7-3-5-9-15(13)21(17)22-16-10-6-4-8-14(16)20(25(28)29)12-18(22)23;1-23(2)17-11-19(24)13-7-3-5-9-15(13)21(17)22-16-10-6-4-8-14(16)20(25)12-18(22)23/h3-12,26-29H,1-2H3;3-12H,1-2H3. The highest BCUT2D eigenvalue weighted by Crippen LogP contribution is 2.56. The third-order valence-electron chi connectivity index (χ3n) is 11.9. The van der Waals surface area contributed by atoms with Crippen molar-refractivity contribution in [3.8, 4) is 22.3 Å². The summed E-state index contributed by atoms with van der Waals surface area (Å²) in [5, 5.41) is 48.8. The zero-order valence-corrected chi connectivity index (χ0v) is 33.4. The van der Waals surface area contributed by atoms with Gasteiger partial charge in [-0.3, -0.25) is 0 Å². The number of benzene rings is 8. The van der Waals surface area contributed by atoms with E-state index in [-0.39, 0.29) is 5.41 Å². The van der Waals surface area contributed by atoms with Gasteiger partial charge in [0.25, 0.3) is 0 Å². The average molecular weight is 834 g/mol. The quantitative estimate of drug-likeness (QED) is 0.131. The first kappa shape index (κ1) is 35.4. The van der Waals surface area contributed by atoms with Gasteiger partial charge in [0.1, 0.15) is 0 Å². The first-order valence-electron chi connectivity index (χ1n) is 18.1. The van der Waals surface area contributed by atoms with Crippen molar-refractivity contribution in [2.24, 2.45) is 0 Å². The number of rotatable bonds is 2. The minimum Gasteiger partial charge on any atom is -0.423 e. The number of halogens is 2. The monoisotopic (exact) mass is 832 g/mol. The Hall–Kier alpha value is -4.27. The Morgan fingerprint density at radius 1 is 0.370 bits per heavy atom. The largest absolute Gasteiger partial charge is 0.489 e. The molecule has 0 aliphatic heterocycles. The molecule has 0 saturated carbocycles. The molecular formula is C46H36B2Br2O4. The van der Waals surface area contributed by atoms with Crippen LogP contribution in [0, 0.1) is 0 Å². The van der Waals surface area contributed by atoms with Gasteiger partial charge in [-0.05, 0) is 111 Å². The number of hydrogen-bond donors (Lipinski definition) is 4. The summed E-state index contributed by atoms with van der Waals surface area (Å²) >= 11 is 7.60. The number of hydrogen-bond acceptors (Lipinski definition) is 4. The normalized spacial score (nSPS) is 14.4. The molecule has 10 rings (SSSR count). The molecule has 8 aromatic rings. The fraction of sp³-hybridized carbons (Fsp3) is 0.130. The topological polar surface area (TPSA) is 80.9 Å². The molecule has 54 heavy (non-hydrogen) atoms. The van der Waals surface area contributed by atoms with Gasteiger partial charge in [0.15, 0.2) is 0 Å². The molecule has 0 radical (unpaired) electrons. The lowest BCUT2D eigenvalue weighted by molar-refractivity contribution is 0.425. The van der Waals surface area contributed by atoms with Gasteiger partial charge in [-0.15, -0.1) is 0 Å². The van der Waals surface area contributed by atoms with E-state index in [1.165, 1.54) is 52.7 Å². The van der Waals surface area contributed by atoms with E-state index >= 15 is 0 Å². The second kappa shape index (κ2) is 12.6. The molecule has 8 aromatic carbocycles. The van der Waals surface area contributed by atoms with Crippen LogP contribution in [0.15, 0.2) is 130 Å². The number of fused-ring (bicyclic) bond motifs is 14. The van der Waals surface area contributed by atoms with Crippen LogP contribution in [0.2, 0.25) is 0 Å². The molecule has 0 atom stereocenters. The molecule has 0 fully saturated rings. The maximum atomic E-state index is 10.0. The maximum absolute atomic E-state index is 10.0. The van der Waals surface area contributed by atoms with Crippen molar-refractivity contribution in [3.63, 3.8) is 0 Å². The van der Waals surface area contributed by atoms with E-state index in [4.69, 9.17) is 0 Å². The summed E-state index contributed by atoms with van der Waals surface area (Å²) in [5.74, 6) is 0. The van der Waals surface area contributed by atoms with Crippen LogP contribution >= 0.6 is 31.9 Å². The van der Waals surface area contributed by atoms with Crippen LogP contribution < -0.4 is 10.9 Å². The van der Waals surface area contributed by atoms with Gasteiger partial charge in [0.2, 0.25) is 0 Å². The Kier molecular flexibility index (Phi) is 8.29. The van der Waals surface area contributed by atoms with E-state index in [0.29, 0.717) is 10.9 Å². The fourth-order valence-corrected chi connectivity index (χ4v) is 10.4. The summed E-state index contributed by atoms with van der Waals surface area (Å²) < 4.78 is 2.34. The van der Waals surface area contributed by atoms with E-state index in [1.807, 2.05) is 60.7 Å².